The number of fused-ring (bicyclic) bond motifs is 1. The highest BCUT2D eigenvalue weighted by Gasteiger charge is 2.44. The molecule has 1 aliphatic rings. The number of halogens is 3. The van der Waals surface area contributed by atoms with Gasteiger partial charge in [0.1, 0.15) is 23.7 Å². The lowest BCUT2D eigenvalue weighted by Gasteiger charge is -2.21. The summed E-state index contributed by atoms with van der Waals surface area (Å²) in [5.41, 5.74) is -0.494. The Morgan fingerprint density at radius 2 is 1.89 bits per heavy atom. The van der Waals surface area contributed by atoms with Gasteiger partial charge in [-0.1, -0.05) is 24.3 Å². The Hall–Kier alpha value is -4.06. The van der Waals surface area contributed by atoms with E-state index >= 15 is 0 Å². The fraction of sp³-hybridized carbons (Fsp3) is 0.320. The lowest BCUT2D eigenvalue weighted by Crippen LogP contribution is -2.31. The largest absolute Gasteiger partial charge is 0.491 e. The van der Waals surface area contributed by atoms with Crippen LogP contribution in [-0.2, 0) is 19.3 Å². The fourth-order valence-corrected chi connectivity index (χ4v) is 4.20. The average molecular weight is 518 g/mol. The standard InChI is InChI=1S/C25H25F3N4O5/c1-15(17-5-7-18(8-6-17)24(35)36)29-22(34)20-21(25(26,27)28)30-32-10-9-31(23(20)32)14-16-3-2-4-19(13-16)37-12-11-33/h2-8,13,15,33H,9-12,14H2,1H3,(H,29,34)(H,35,36). The molecule has 3 aromatic rings. The molecule has 37 heavy (non-hydrogen) atoms. The number of aromatic carboxylic acids is 1. The van der Waals surface area contributed by atoms with Crippen molar-refractivity contribution >= 4 is 17.7 Å². The zero-order valence-corrected chi connectivity index (χ0v) is 19.8. The van der Waals surface area contributed by atoms with Gasteiger partial charge in [-0.3, -0.25) is 4.79 Å². The first-order chi connectivity index (χ1) is 17.6. The van der Waals surface area contributed by atoms with Crippen molar-refractivity contribution in [2.24, 2.45) is 0 Å². The maximum Gasteiger partial charge on any atom is 0.436 e. The second-order valence-corrected chi connectivity index (χ2v) is 8.53. The number of aliphatic hydroxyl groups excluding tert-OH is 1. The number of hydrogen-bond acceptors (Lipinski definition) is 6. The normalized spacial score (nSPS) is 13.8. The monoisotopic (exact) mass is 518 g/mol. The highest BCUT2D eigenvalue weighted by atomic mass is 19.4. The van der Waals surface area contributed by atoms with Gasteiger partial charge in [0.25, 0.3) is 5.91 Å². The van der Waals surface area contributed by atoms with E-state index in [4.69, 9.17) is 14.9 Å². The predicted octanol–water partition coefficient (Wildman–Crippen LogP) is 3.48. The van der Waals surface area contributed by atoms with Crippen LogP contribution in [0.4, 0.5) is 19.0 Å². The third kappa shape index (κ3) is 5.69. The summed E-state index contributed by atoms with van der Waals surface area (Å²) in [4.78, 5) is 26.0. The molecule has 12 heteroatoms. The first-order valence-corrected chi connectivity index (χ1v) is 11.5. The third-order valence-corrected chi connectivity index (χ3v) is 5.94. The first-order valence-electron chi connectivity index (χ1n) is 11.5. The molecule has 0 saturated heterocycles. The van der Waals surface area contributed by atoms with Crippen LogP contribution in [0.15, 0.2) is 48.5 Å². The molecular weight excluding hydrogens is 493 g/mol. The van der Waals surface area contributed by atoms with Crippen molar-refractivity contribution in [3.8, 4) is 5.75 Å². The molecule has 1 atom stereocenters. The molecule has 196 valence electrons. The highest BCUT2D eigenvalue weighted by molar-refractivity contribution is 6.01. The Labute approximate surface area is 210 Å². The van der Waals surface area contributed by atoms with E-state index in [2.05, 4.69) is 10.4 Å². The molecule has 3 N–H and O–H groups in total. The number of anilines is 1. The second-order valence-electron chi connectivity index (χ2n) is 8.53. The molecule has 0 saturated carbocycles. The Kier molecular flexibility index (Phi) is 7.39. The zero-order valence-electron chi connectivity index (χ0n) is 19.8. The van der Waals surface area contributed by atoms with Crippen molar-refractivity contribution < 1.29 is 37.7 Å². The molecule has 0 spiro atoms. The van der Waals surface area contributed by atoms with Crippen molar-refractivity contribution in [2.45, 2.75) is 32.2 Å². The number of nitrogens with one attached hydrogen (secondary N) is 1. The van der Waals surface area contributed by atoms with Gasteiger partial charge in [0.2, 0.25) is 0 Å². The zero-order chi connectivity index (χ0) is 26.7. The molecule has 0 aliphatic carbocycles. The van der Waals surface area contributed by atoms with E-state index in [1.807, 2.05) is 0 Å². The number of carbonyl (C=O) groups is 2. The van der Waals surface area contributed by atoms with Crippen LogP contribution in [0.1, 0.15) is 50.5 Å². The number of rotatable bonds is 9. The van der Waals surface area contributed by atoms with Crippen molar-refractivity contribution in [1.29, 1.82) is 0 Å². The minimum atomic E-state index is -4.85. The molecule has 1 aromatic heterocycles. The number of alkyl halides is 3. The van der Waals surface area contributed by atoms with E-state index in [0.29, 0.717) is 17.9 Å². The Balaban J connectivity index is 1.61. The summed E-state index contributed by atoms with van der Waals surface area (Å²) in [5, 5.41) is 24.3. The van der Waals surface area contributed by atoms with Gasteiger partial charge in [-0.2, -0.15) is 18.3 Å². The molecule has 1 unspecified atom stereocenters. The topological polar surface area (TPSA) is 117 Å². The summed E-state index contributed by atoms with van der Waals surface area (Å²) in [7, 11) is 0. The van der Waals surface area contributed by atoms with Crippen molar-refractivity contribution in [1.82, 2.24) is 15.1 Å². The number of amides is 1. The van der Waals surface area contributed by atoms with E-state index in [-0.39, 0.29) is 37.7 Å². The summed E-state index contributed by atoms with van der Waals surface area (Å²) >= 11 is 0. The lowest BCUT2D eigenvalue weighted by molar-refractivity contribution is -0.141. The Morgan fingerprint density at radius 1 is 1.16 bits per heavy atom. The van der Waals surface area contributed by atoms with Gasteiger partial charge in [-0.25, -0.2) is 9.48 Å². The molecule has 0 fully saturated rings. The SMILES string of the molecule is CC(NC(=O)c1c(C(F)(F)F)nn2c1N(Cc1cccc(OCCO)c1)CC2)c1ccc(C(=O)O)cc1. The van der Waals surface area contributed by atoms with E-state index < -0.39 is 35.4 Å². The number of carboxylic acids is 1. The minimum Gasteiger partial charge on any atom is -0.491 e. The van der Waals surface area contributed by atoms with Crippen molar-refractivity contribution in [3.05, 3.63) is 76.5 Å². The number of aliphatic hydroxyl groups is 1. The van der Waals surface area contributed by atoms with Crippen LogP contribution in [-0.4, -0.2) is 51.6 Å². The van der Waals surface area contributed by atoms with Crippen molar-refractivity contribution in [2.75, 3.05) is 24.7 Å². The lowest BCUT2D eigenvalue weighted by atomic mass is 10.1. The number of aromatic nitrogens is 2. The number of hydrogen-bond donors (Lipinski definition) is 3. The maximum absolute atomic E-state index is 13.9. The first kappa shape index (κ1) is 26.0. The fourth-order valence-electron chi connectivity index (χ4n) is 4.20. The minimum absolute atomic E-state index is 0.0533. The Morgan fingerprint density at radius 3 is 2.54 bits per heavy atom. The third-order valence-electron chi connectivity index (χ3n) is 5.94. The summed E-state index contributed by atoms with van der Waals surface area (Å²) in [5.74, 6) is -1.47. The number of ether oxygens (including phenoxy) is 1. The number of carboxylic acid groups (broad SMARTS) is 1. The van der Waals surface area contributed by atoms with Crippen molar-refractivity contribution in [3.63, 3.8) is 0 Å². The molecule has 2 aromatic carbocycles. The van der Waals surface area contributed by atoms with Gasteiger partial charge in [0.15, 0.2) is 5.69 Å². The Bertz CT molecular complexity index is 1290. The molecular formula is C25H25F3N4O5. The van der Waals surface area contributed by atoms with E-state index in [1.165, 1.54) is 28.9 Å². The summed E-state index contributed by atoms with van der Waals surface area (Å²) < 4.78 is 48.3. The van der Waals surface area contributed by atoms with E-state index in [1.54, 1.807) is 36.1 Å². The molecule has 1 amide bonds. The van der Waals surface area contributed by atoms with Gasteiger partial charge < -0.3 is 25.2 Å². The number of carbonyl (C=O) groups excluding carboxylic acids is 1. The molecule has 2 heterocycles. The van der Waals surface area contributed by atoms with Gasteiger partial charge in [0, 0.05) is 13.1 Å². The number of benzene rings is 2. The summed E-state index contributed by atoms with van der Waals surface area (Å²) in [6.45, 7) is 2.30. The van der Waals surface area contributed by atoms with Gasteiger partial charge >= 0.3 is 12.1 Å². The van der Waals surface area contributed by atoms with Crippen LogP contribution in [0.3, 0.4) is 0 Å². The van der Waals surface area contributed by atoms with Crippen LogP contribution in [0.25, 0.3) is 0 Å². The molecule has 0 bridgehead atoms. The van der Waals surface area contributed by atoms with Gasteiger partial charge in [0.05, 0.1) is 24.8 Å². The second kappa shape index (κ2) is 10.5. The van der Waals surface area contributed by atoms with Crippen LogP contribution in [0, 0.1) is 0 Å². The summed E-state index contributed by atoms with van der Waals surface area (Å²) in [6, 6.07) is 12.0. The average Bonchev–Trinajstić information content (AvgIpc) is 3.43. The predicted molar refractivity (Wildman–Crippen MR) is 127 cm³/mol. The maximum atomic E-state index is 13.9. The van der Waals surface area contributed by atoms with Crippen LogP contribution >= 0.6 is 0 Å². The van der Waals surface area contributed by atoms with E-state index in [0.717, 1.165) is 5.56 Å². The molecule has 0 radical (unpaired) electrons. The van der Waals surface area contributed by atoms with Gasteiger partial charge in [-0.05, 0) is 42.3 Å². The molecule has 9 nitrogen and oxygen atoms in total. The quantitative estimate of drug-likeness (QED) is 0.397. The molecule has 1 aliphatic heterocycles. The van der Waals surface area contributed by atoms with Crippen LogP contribution < -0.4 is 15.0 Å². The smallest absolute Gasteiger partial charge is 0.436 e. The summed E-state index contributed by atoms with van der Waals surface area (Å²) in [6.07, 6.45) is -4.85. The number of nitrogens with zero attached hydrogens (tertiary/aromatic N) is 3. The molecule has 4 rings (SSSR count). The van der Waals surface area contributed by atoms with Crippen LogP contribution in [0.2, 0.25) is 0 Å². The highest BCUT2D eigenvalue weighted by Crippen LogP contribution is 2.39. The van der Waals surface area contributed by atoms with E-state index in [9.17, 15) is 22.8 Å². The van der Waals surface area contributed by atoms with Crippen LogP contribution in [0.5, 0.6) is 5.75 Å². The van der Waals surface area contributed by atoms with Gasteiger partial charge in [-0.15, -0.1) is 0 Å².